The number of para-hydroxylation sites is 1. The van der Waals surface area contributed by atoms with Crippen LogP contribution in [0, 0.1) is 18.7 Å². The number of halogens is 1. The first-order valence-electron chi connectivity index (χ1n) is 9.97. The lowest BCUT2D eigenvalue weighted by Gasteiger charge is -2.33. The number of likely N-dealkylation sites (tertiary alicyclic amines) is 1. The molecule has 1 atom stereocenters. The predicted molar refractivity (Wildman–Crippen MR) is 109 cm³/mol. The van der Waals surface area contributed by atoms with Crippen molar-refractivity contribution in [1.29, 1.82) is 0 Å². The molecule has 1 saturated heterocycles. The maximum atomic E-state index is 13.6. The summed E-state index contributed by atoms with van der Waals surface area (Å²) in [6.07, 6.45) is 0.648. The number of rotatable bonds is 6. The lowest BCUT2D eigenvalue weighted by Crippen LogP contribution is -2.47. The van der Waals surface area contributed by atoms with Crippen LogP contribution in [0.1, 0.15) is 30.9 Å². The molecule has 0 radical (unpaired) electrons. The molecule has 29 heavy (non-hydrogen) atoms. The van der Waals surface area contributed by atoms with Crippen LogP contribution in [-0.2, 0) is 16.1 Å². The highest BCUT2D eigenvalue weighted by molar-refractivity contribution is 5.82. The number of piperidine rings is 1. The number of carbonyl (C=O) groups is 2. The van der Waals surface area contributed by atoms with E-state index in [1.165, 1.54) is 6.07 Å². The van der Waals surface area contributed by atoms with Gasteiger partial charge < -0.3 is 15.0 Å². The summed E-state index contributed by atoms with van der Waals surface area (Å²) in [6, 6.07) is 14.2. The molecule has 5 nitrogen and oxygen atoms in total. The number of hydrogen-bond acceptors (Lipinski definition) is 3. The van der Waals surface area contributed by atoms with E-state index in [0.29, 0.717) is 43.8 Å². The van der Waals surface area contributed by atoms with Crippen molar-refractivity contribution >= 4 is 11.8 Å². The van der Waals surface area contributed by atoms with Gasteiger partial charge in [0.15, 0.2) is 6.10 Å². The van der Waals surface area contributed by atoms with Crippen LogP contribution >= 0.6 is 0 Å². The average molecular weight is 398 g/mol. The summed E-state index contributed by atoms with van der Waals surface area (Å²) < 4.78 is 19.3. The smallest absolute Gasteiger partial charge is 0.263 e. The minimum atomic E-state index is -0.570. The second-order valence-electron chi connectivity index (χ2n) is 7.47. The van der Waals surface area contributed by atoms with Crippen molar-refractivity contribution < 1.29 is 18.7 Å². The fourth-order valence-corrected chi connectivity index (χ4v) is 3.45. The number of benzene rings is 2. The Kier molecular flexibility index (Phi) is 6.86. The monoisotopic (exact) mass is 398 g/mol. The van der Waals surface area contributed by atoms with Gasteiger partial charge in [0.05, 0.1) is 0 Å². The third-order valence-electron chi connectivity index (χ3n) is 5.28. The number of nitrogens with zero attached hydrogens (tertiary/aromatic N) is 1. The number of aryl methyl sites for hydroxylation is 1. The van der Waals surface area contributed by atoms with Crippen LogP contribution in [0.5, 0.6) is 5.75 Å². The zero-order chi connectivity index (χ0) is 20.8. The number of carbonyl (C=O) groups excluding carboxylic acids is 2. The lowest BCUT2D eigenvalue weighted by molar-refractivity contribution is -0.141. The zero-order valence-electron chi connectivity index (χ0n) is 16.9. The molecule has 0 saturated carbocycles. The molecular weight excluding hydrogens is 371 g/mol. The van der Waals surface area contributed by atoms with Gasteiger partial charge in [0.25, 0.3) is 5.91 Å². The molecule has 2 amide bonds. The average Bonchev–Trinajstić information content (AvgIpc) is 2.74. The second-order valence-corrected chi connectivity index (χ2v) is 7.47. The molecule has 1 unspecified atom stereocenters. The first-order chi connectivity index (χ1) is 13.9. The fraction of sp³-hybridized carbons (Fsp3) is 0.391. The molecule has 3 rings (SSSR count). The van der Waals surface area contributed by atoms with Crippen LogP contribution in [0.4, 0.5) is 4.39 Å². The van der Waals surface area contributed by atoms with Crippen LogP contribution in [0.2, 0.25) is 0 Å². The van der Waals surface area contributed by atoms with Crippen LogP contribution in [0.25, 0.3) is 0 Å². The molecule has 1 aliphatic rings. The highest BCUT2D eigenvalue weighted by atomic mass is 19.1. The van der Waals surface area contributed by atoms with Gasteiger partial charge in [-0.05, 0) is 56.0 Å². The van der Waals surface area contributed by atoms with E-state index >= 15 is 0 Å². The van der Waals surface area contributed by atoms with E-state index < -0.39 is 6.10 Å². The zero-order valence-corrected chi connectivity index (χ0v) is 16.9. The summed E-state index contributed by atoms with van der Waals surface area (Å²) >= 11 is 0. The second kappa shape index (κ2) is 9.54. The van der Waals surface area contributed by atoms with Gasteiger partial charge in [-0.15, -0.1) is 0 Å². The molecule has 2 aromatic carbocycles. The lowest BCUT2D eigenvalue weighted by atomic mass is 9.95. The quantitative estimate of drug-likeness (QED) is 0.811. The van der Waals surface area contributed by atoms with Gasteiger partial charge in [0.2, 0.25) is 5.91 Å². The number of hydrogen-bond donors (Lipinski definition) is 1. The molecule has 1 aliphatic heterocycles. The van der Waals surface area contributed by atoms with Gasteiger partial charge >= 0.3 is 0 Å². The summed E-state index contributed by atoms with van der Waals surface area (Å²) in [5.74, 6) is 0.139. The van der Waals surface area contributed by atoms with E-state index in [0.717, 1.165) is 5.56 Å². The van der Waals surface area contributed by atoms with E-state index in [9.17, 15) is 14.0 Å². The largest absolute Gasteiger partial charge is 0.481 e. The fourth-order valence-electron chi connectivity index (χ4n) is 3.45. The molecule has 0 spiro atoms. The normalized spacial score (nSPS) is 15.6. The van der Waals surface area contributed by atoms with Crippen LogP contribution in [-0.4, -0.2) is 35.9 Å². The molecule has 1 heterocycles. The van der Waals surface area contributed by atoms with Crippen LogP contribution < -0.4 is 10.1 Å². The molecule has 6 heteroatoms. The molecule has 1 N–H and O–H groups in total. The Hall–Kier alpha value is -2.89. The van der Waals surface area contributed by atoms with Crippen molar-refractivity contribution in [3.8, 4) is 5.75 Å². The van der Waals surface area contributed by atoms with Crippen molar-refractivity contribution in [3.63, 3.8) is 0 Å². The predicted octanol–water partition coefficient (Wildman–Crippen LogP) is 3.46. The first-order valence-corrected chi connectivity index (χ1v) is 9.97. The van der Waals surface area contributed by atoms with E-state index in [4.69, 9.17) is 4.74 Å². The van der Waals surface area contributed by atoms with Crippen molar-refractivity contribution in [2.45, 2.75) is 39.3 Å². The van der Waals surface area contributed by atoms with Gasteiger partial charge in [-0.1, -0.05) is 30.3 Å². The van der Waals surface area contributed by atoms with E-state index in [-0.39, 0.29) is 23.5 Å². The number of nitrogens with one attached hydrogen (secondary N) is 1. The standard InChI is InChI=1S/C23H27FN2O3/c1-16-8-9-18(14-21(16)24)15-25-22(27)19-10-12-26(13-11-19)23(28)17(2)29-20-6-4-3-5-7-20/h3-9,14,17,19H,10-13,15H2,1-2H3,(H,25,27). The van der Waals surface area contributed by atoms with Crippen molar-refractivity contribution in [2.75, 3.05) is 13.1 Å². The topological polar surface area (TPSA) is 58.6 Å². The maximum Gasteiger partial charge on any atom is 0.263 e. The summed E-state index contributed by atoms with van der Waals surface area (Å²) in [4.78, 5) is 26.8. The Bertz CT molecular complexity index is 848. The molecule has 154 valence electrons. The first kappa shape index (κ1) is 20.8. The summed E-state index contributed by atoms with van der Waals surface area (Å²) in [5.41, 5.74) is 1.32. The molecule has 0 bridgehead atoms. The van der Waals surface area contributed by atoms with Crippen molar-refractivity contribution in [3.05, 3.63) is 65.5 Å². The Balaban J connectivity index is 1.44. The summed E-state index contributed by atoms with van der Waals surface area (Å²) in [6.45, 7) is 4.81. The highest BCUT2D eigenvalue weighted by Gasteiger charge is 2.30. The third-order valence-corrected chi connectivity index (χ3v) is 5.28. The van der Waals surface area contributed by atoms with E-state index in [1.807, 2.05) is 36.4 Å². The SMILES string of the molecule is Cc1ccc(CNC(=O)C2CCN(C(=O)C(C)Oc3ccccc3)CC2)cc1F. The number of amides is 2. The van der Waals surface area contributed by atoms with Gasteiger partial charge in [0.1, 0.15) is 11.6 Å². The Labute approximate surface area is 170 Å². The van der Waals surface area contributed by atoms with Crippen molar-refractivity contribution in [1.82, 2.24) is 10.2 Å². The molecule has 0 aromatic heterocycles. The Morgan fingerprint density at radius 3 is 2.52 bits per heavy atom. The maximum absolute atomic E-state index is 13.6. The van der Waals surface area contributed by atoms with Gasteiger partial charge in [-0.25, -0.2) is 4.39 Å². The number of ether oxygens (including phenoxy) is 1. The highest BCUT2D eigenvalue weighted by Crippen LogP contribution is 2.20. The third kappa shape index (κ3) is 5.56. The summed E-state index contributed by atoms with van der Waals surface area (Å²) in [5, 5.41) is 2.88. The minimum Gasteiger partial charge on any atom is -0.481 e. The van der Waals surface area contributed by atoms with Crippen molar-refractivity contribution in [2.24, 2.45) is 5.92 Å². The van der Waals surface area contributed by atoms with Crippen LogP contribution in [0.15, 0.2) is 48.5 Å². The minimum absolute atomic E-state index is 0.0494. The molecular formula is C23H27FN2O3. The van der Waals surface area contributed by atoms with E-state index in [1.54, 1.807) is 24.8 Å². The Morgan fingerprint density at radius 2 is 1.86 bits per heavy atom. The van der Waals surface area contributed by atoms with Crippen LogP contribution in [0.3, 0.4) is 0 Å². The van der Waals surface area contributed by atoms with Gasteiger partial charge in [-0.3, -0.25) is 9.59 Å². The Morgan fingerprint density at radius 1 is 1.17 bits per heavy atom. The molecule has 2 aromatic rings. The van der Waals surface area contributed by atoms with Gasteiger partial charge in [-0.2, -0.15) is 0 Å². The molecule has 1 fully saturated rings. The summed E-state index contributed by atoms with van der Waals surface area (Å²) in [7, 11) is 0. The van der Waals surface area contributed by atoms with E-state index in [2.05, 4.69) is 5.32 Å². The van der Waals surface area contributed by atoms with Gasteiger partial charge in [0, 0.05) is 25.6 Å². The molecule has 0 aliphatic carbocycles.